The highest BCUT2D eigenvalue weighted by Crippen LogP contribution is 2.12. The summed E-state index contributed by atoms with van der Waals surface area (Å²) < 4.78 is 0. The van der Waals surface area contributed by atoms with Crippen LogP contribution >= 0.6 is 0 Å². The second kappa shape index (κ2) is 8.41. The molecule has 0 heterocycles. The average Bonchev–Trinajstić information content (AvgIpc) is 2.44. The van der Waals surface area contributed by atoms with Crippen LogP contribution in [0.3, 0.4) is 0 Å². The first-order chi connectivity index (χ1) is 10.3. The van der Waals surface area contributed by atoms with Gasteiger partial charge in [0.25, 0.3) is 5.91 Å². The Morgan fingerprint density at radius 3 is 2.41 bits per heavy atom. The van der Waals surface area contributed by atoms with E-state index in [1.165, 1.54) is 4.90 Å². The van der Waals surface area contributed by atoms with Crippen LogP contribution in [0.5, 0.6) is 0 Å². The molecular formula is C17H27N3O2. The summed E-state index contributed by atoms with van der Waals surface area (Å²) in [5, 5.41) is 5.68. The van der Waals surface area contributed by atoms with Crippen molar-refractivity contribution in [3.05, 3.63) is 29.8 Å². The van der Waals surface area contributed by atoms with Crippen molar-refractivity contribution in [2.24, 2.45) is 5.92 Å². The van der Waals surface area contributed by atoms with Gasteiger partial charge in [-0.3, -0.25) is 4.79 Å². The predicted molar refractivity (Wildman–Crippen MR) is 90.1 cm³/mol. The lowest BCUT2D eigenvalue weighted by atomic mass is 10.0. The zero-order valence-electron chi connectivity index (χ0n) is 14.1. The third-order valence-electron chi connectivity index (χ3n) is 3.33. The molecule has 1 unspecified atom stereocenters. The molecule has 0 saturated carbocycles. The second-order valence-corrected chi connectivity index (χ2v) is 6.25. The van der Waals surface area contributed by atoms with Gasteiger partial charge in [-0.1, -0.05) is 19.9 Å². The smallest absolute Gasteiger partial charge is 0.319 e. The van der Waals surface area contributed by atoms with E-state index >= 15 is 0 Å². The molecular weight excluding hydrogens is 278 g/mol. The molecule has 0 bridgehead atoms. The molecule has 2 N–H and O–H groups in total. The van der Waals surface area contributed by atoms with E-state index in [2.05, 4.69) is 24.5 Å². The van der Waals surface area contributed by atoms with Crippen LogP contribution in [0.2, 0.25) is 0 Å². The summed E-state index contributed by atoms with van der Waals surface area (Å²) >= 11 is 0. The lowest BCUT2D eigenvalue weighted by Crippen LogP contribution is -2.36. The number of anilines is 1. The van der Waals surface area contributed by atoms with Gasteiger partial charge in [0.15, 0.2) is 0 Å². The summed E-state index contributed by atoms with van der Waals surface area (Å²) in [5.74, 6) is 0.537. The molecule has 3 amide bonds. The van der Waals surface area contributed by atoms with Crippen molar-refractivity contribution >= 4 is 17.6 Å². The van der Waals surface area contributed by atoms with Crippen LogP contribution in [-0.2, 0) is 0 Å². The molecule has 0 aromatic heterocycles. The first kappa shape index (κ1) is 18.0. The highest BCUT2D eigenvalue weighted by molar-refractivity contribution is 5.96. The van der Waals surface area contributed by atoms with Gasteiger partial charge in [0.2, 0.25) is 0 Å². The van der Waals surface area contributed by atoms with Crippen molar-refractivity contribution in [2.75, 3.05) is 19.4 Å². The number of carbonyl (C=O) groups is 2. The minimum absolute atomic E-state index is 0.0886. The minimum Gasteiger partial charge on any atom is -0.345 e. The van der Waals surface area contributed by atoms with E-state index in [1.807, 2.05) is 6.92 Å². The normalized spacial score (nSPS) is 11.9. The fourth-order valence-corrected chi connectivity index (χ4v) is 2.03. The standard InChI is InChI=1S/C17H27N3O2/c1-12(2)9-10-13(3)18-17(22)19-15-8-6-7-14(11-15)16(21)20(4)5/h6-8,11-13H,9-10H2,1-5H3,(H2,18,19,22). The summed E-state index contributed by atoms with van der Waals surface area (Å²) in [6.45, 7) is 6.33. The SMILES string of the molecule is CC(C)CCC(C)NC(=O)Nc1cccc(C(=O)N(C)C)c1. The van der Waals surface area contributed by atoms with Crippen molar-refractivity contribution in [1.29, 1.82) is 0 Å². The molecule has 122 valence electrons. The molecule has 0 aliphatic rings. The lowest BCUT2D eigenvalue weighted by Gasteiger charge is -2.16. The summed E-state index contributed by atoms with van der Waals surface area (Å²) in [7, 11) is 3.40. The fourth-order valence-electron chi connectivity index (χ4n) is 2.03. The van der Waals surface area contributed by atoms with Crippen LogP contribution in [0.4, 0.5) is 10.5 Å². The molecule has 0 fully saturated rings. The van der Waals surface area contributed by atoms with E-state index < -0.39 is 0 Å². The molecule has 1 aromatic rings. The van der Waals surface area contributed by atoms with Gasteiger partial charge < -0.3 is 15.5 Å². The highest BCUT2D eigenvalue weighted by atomic mass is 16.2. The van der Waals surface area contributed by atoms with E-state index in [1.54, 1.807) is 38.4 Å². The Labute approximate surface area is 133 Å². The van der Waals surface area contributed by atoms with Gasteiger partial charge >= 0.3 is 6.03 Å². The Hall–Kier alpha value is -2.04. The molecule has 1 atom stereocenters. The van der Waals surface area contributed by atoms with Gasteiger partial charge in [-0.05, 0) is 43.9 Å². The first-order valence-electron chi connectivity index (χ1n) is 7.68. The second-order valence-electron chi connectivity index (χ2n) is 6.25. The van der Waals surface area contributed by atoms with E-state index in [9.17, 15) is 9.59 Å². The van der Waals surface area contributed by atoms with E-state index in [0.29, 0.717) is 17.2 Å². The van der Waals surface area contributed by atoms with Crippen LogP contribution in [-0.4, -0.2) is 37.0 Å². The first-order valence-corrected chi connectivity index (χ1v) is 7.68. The maximum absolute atomic E-state index is 12.0. The summed E-state index contributed by atoms with van der Waals surface area (Å²) in [6.07, 6.45) is 2.03. The third kappa shape index (κ3) is 6.16. The van der Waals surface area contributed by atoms with Crippen LogP contribution < -0.4 is 10.6 Å². The Morgan fingerprint density at radius 1 is 1.14 bits per heavy atom. The number of nitrogens with one attached hydrogen (secondary N) is 2. The average molecular weight is 305 g/mol. The largest absolute Gasteiger partial charge is 0.345 e. The zero-order chi connectivity index (χ0) is 16.7. The van der Waals surface area contributed by atoms with Crippen LogP contribution in [0.25, 0.3) is 0 Å². The Balaban J connectivity index is 2.57. The summed E-state index contributed by atoms with van der Waals surface area (Å²) in [6, 6.07) is 6.82. The molecule has 1 aromatic carbocycles. The lowest BCUT2D eigenvalue weighted by molar-refractivity contribution is 0.0827. The quantitative estimate of drug-likeness (QED) is 0.847. The molecule has 0 saturated heterocycles. The monoisotopic (exact) mass is 305 g/mol. The van der Waals surface area contributed by atoms with Crippen LogP contribution in [0.15, 0.2) is 24.3 Å². The van der Waals surface area contributed by atoms with Gasteiger partial charge in [-0.15, -0.1) is 0 Å². The number of carbonyl (C=O) groups excluding carboxylic acids is 2. The van der Waals surface area contributed by atoms with Gasteiger partial charge in [0, 0.05) is 31.4 Å². The fraction of sp³-hybridized carbons (Fsp3) is 0.529. The Kier molecular flexibility index (Phi) is 6.89. The van der Waals surface area contributed by atoms with Crippen molar-refractivity contribution in [3.63, 3.8) is 0 Å². The van der Waals surface area contributed by atoms with Crippen LogP contribution in [0.1, 0.15) is 44.0 Å². The van der Waals surface area contributed by atoms with Crippen LogP contribution in [0, 0.1) is 5.92 Å². The predicted octanol–water partition coefficient (Wildman–Crippen LogP) is 3.33. The molecule has 0 aliphatic carbocycles. The molecule has 0 spiro atoms. The molecule has 0 radical (unpaired) electrons. The molecule has 22 heavy (non-hydrogen) atoms. The molecule has 0 aliphatic heterocycles. The van der Waals surface area contributed by atoms with E-state index in [4.69, 9.17) is 0 Å². The number of amides is 3. The topological polar surface area (TPSA) is 61.4 Å². The zero-order valence-corrected chi connectivity index (χ0v) is 14.1. The number of hydrogen-bond acceptors (Lipinski definition) is 2. The van der Waals surface area contributed by atoms with Gasteiger partial charge in [-0.25, -0.2) is 4.79 Å². The van der Waals surface area contributed by atoms with Gasteiger partial charge in [0.05, 0.1) is 0 Å². The maximum Gasteiger partial charge on any atom is 0.319 e. The minimum atomic E-state index is -0.245. The maximum atomic E-state index is 12.0. The summed E-state index contributed by atoms with van der Waals surface area (Å²) in [5.41, 5.74) is 1.16. The highest BCUT2D eigenvalue weighted by Gasteiger charge is 2.11. The summed E-state index contributed by atoms with van der Waals surface area (Å²) in [4.78, 5) is 25.4. The number of rotatable bonds is 6. The third-order valence-corrected chi connectivity index (χ3v) is 3.33. The van der Waals surface area contributed by atoms with Crippen molar-refractivity contribution in [2.45, 2.75) is 39.7 Å². The molecule has 5 heteroatoms. The van der Waals surface area contributed by atoms with E-state index in [-0.39, 0.29) is 18.0 Å². The molecule has 5 nitrogen and oxygen atoms in total. The Bertz CT molecular complexity index is 512. The Morgan fingerprint density at radius 2 is 1.82 bits per heavy atom. The van der Waals surface area contributed by atoms with Gasteiger partial charge in [0.1, 0.15) is 0 Å². The van der Waals surface area contributed by atoms with Crippen molar-refractivity contribution in [1.82, 2.24) is 10.2 Å². The number of urea groups is 1. The number of hydrogen-bond donors (Lipinski definition) is 2. The van der Waals surface area contributed by atoms with Crippen molar-refractivity contribution in [3.8, 4) is 0 Å². The van der Waals surface area contributed by atoms with Crippen molar-refractivity contribution < 1.29 is 9.59 Å². The van der Waals surface area contributed by atoms with Gasteiger partial charge in [-0.2, -0.15) is 0 Å². The molecule has 1 rings (SSSR count). The number of benzene rings is 1. The number of nitrogens with zero attached hydrogens (tertiary/aromatic N) is 1. The van der Waals surface area contributed by atoms with E-state index in [0.717, 1.165) is 12.8 Å².